The first-order chi connectivity index (χ1) is 13.9. The third kappa shape index (κ3) is 5.78. The molecule has 1 aliphatic rings. The molecule has 29 heavy (non-hydrogen) atoms. The Morgan fingerprint density at radius 1 is 1.41 bits per heavy atom. The maximum Gasteiger partial charge on any atom is 0.434 e. The van der Waals surface area contributed by atoms with Crippen molar-refractivity contribution in [3.63, 3.8) is 0 Å². The minimum atomic E-state index is -4.42. The number of halogens is 4. The van der Waals surface area contributed by atoms with Crippen LogP contribution in [0.1, 0.15) is 24.0 Å². The lowest BCUT2D eigenvalue weighted by molar-refractivity contribution is -0.140. The molecule has 2 aromatic rings. The van der Waals surface area contributed by atoms with Crippen LogP contribution in [0.4, 0.5) is 23.4 Å². The second-order valence-electron chi connectivity index (χ2n) is 6.52. The highest BCUT2D eigenvalue weighted by Gasteiger charge is 2.33. The predicted octanol–water partition coefficient (Wildman–Crippen LogP) is 3.07. The highest BCUT2D eigenvalue weighted by Crippen LogP contribution is 2.30. The monoisotopic (exact) mass is 430 g/mol. The maximum atomic E-state index is 13.9. The summed E-state index contributed by atoms with van der Waals surface area (Å²) in [6.45, 7) is 4.14. The van der Waals surface area contributed by atoms with Crippen molar-refractivity contribution in [1.82, 2.24) is 20.6 Å². The van der Waals surface area contributed by atoms with Gasteiger partial charge in [0.1, 0.15) is 0 Å². The van der Waals surface area contributed by atoms with Gasteiger partial charge in [0.25, 0.3) is 0 Å². The molecule has 6 nitrogen and oxygen atoms in total. The van der Waals surface area contributed by atoms with Gasteiger partial charge < -0.3 is 15.5 Å². The van der Waals surface area contributed by atoms with Crippen LogP contribution in [-0.2, 0) is 12.6 Å². The predicted molar refractivity (Wildman–Crippen MR) is 105 cm³/mol. The Balaban J connectivity index is 1.54. The van der Waals surface area contributed by atoms with Gasteiger partial charge in [0.05, 0.1) is 5.01 Å². The van der Waals surface area contributed by atoms with Crippen LogP contribution in [0.3, 0.4) is 0 Å². The number of guanidine groups is 1. The Morgan fingerprint density at radius 3 is 2.93 bits per heavy atom. The third-order valence-electron chi connectivity index (χ3n) is 4.35. The third-order valence-corrected chi connectivity index (χ3v) is 5.26. The van der Waals surface area contributed by atoms with Crippen molar-refractivity contribution in [2.45, 2.75) is 32.0 Å². The quantitative estimate of drug-likeness (QED) is 0.419. The Kier molecular flexibility index (Phi) is 6.88. The molecule has 0 amide bonds. The van der Waals surface area contributed by atoms with Gasteiger partial charge >= 0.3 is 6.18 Å². The number of hydrogen-bond donors (Lipinski definition) is 2. The first-order valence-corrected chi connectivity index (χ1v) is 10.2. The van der Waals surface area contributed by atoms with Crippen molar-refractivity contribution in [3.8, 4) is 0 Å². The Morgan fingerprint density at radius 2 is 2.24 bits per heavy atom. The summed E-state index contributed by atoms with van der Waals surface area (Å²) >= 11 is 0.983. The molecule has 1 aliphatic heterocycles. The minimum absolute atomic E-state index is 0.0610. The number of pyridine rings is 1. The van der Waals surface area contributed by atoms with E-state index in [1.54, 1.807) is 12.3 Å². The largest absolute Gasteiger partial charge is 0.434 e. The number of anilines is 1. The molecule has 0 aliphatic carbocycles. The summed E-state index contributed by atoms with van der Waals surface area (Å²) in [5, 5.41) is 7.84. The smallest absolute Gasteiger partial charge is 0.357 e. The topological polar surface area (TPSA) is 65.4 Å². The first-order valence-electron chi connectivity index (χ1n) is 9.28. The van der Waals surface area contributed by atoms with E-state index in [0.717, 1.165) is 23.1 Å². The van der Waals surface area contributed by atoms with Gasteiger partial charge in [-0.05, 0) is 25.5 Å². The number of alkyl halides is 3. The molecule has 2 aromatic heterocycles. The lowest BCUT2D eigenvalue weighted by Gasteiger charge is -2.19. The van der Waals surface area contributed by atoms with Gasteiger partial charge in [-0.1, -0.05) is 0 Å². The summed E-state index contributed by atoms with van der Waals surface area (Å²) in [5.41, 5.74) is -0.862. The van der Waals surface area contributed by atoms with E-state index >= 15 is 0 Å². The first kappa shape index (κ1) is 21.3. The van der Waals surface area contributed by atoms with Crippen LogP contribution < -0.4 is 15.5 Å². The molecule has 158 valence electrons. The Bertz CT molecular complexity index is 838. The Labute approximate surface area is 170 Å². The van der Waals surface area contributed by atoms with Crippen LogP contribution in [0, 0.1) is 5.82 Å². The number of rotatable bonds is 6. The fourth-order valence-corrected chi connectivity index (χ4v) is 3.81. The molecule has 1 fully saturated rings. The van der Waals surface area contributed by atoms with Crippen LogP contribution in [0.15, 0.2) is 28.7 Å². The zero-order valence-corrected chi connectivity index (χ0v) is 16.7. The van der Waals surface area contributed by atoms with E-state index in [9.17, 15) is 17.6 Å². The molecule has 0 aromatic carbocycles. The molecule has 1 unspecified atom stereocenters. The van der Waals surface area contributed by atoms with Crippen LogP contribution in [0.25, 0.3) is 0 Å². The summed E-state index contributed by atoms with van der Waals surface area (Å²) in [6, 6.07) is 3.00. The highest BCUT2D eigenvalue weighted by molar-refractivity contribution is 7.09. The van der Waals surface area contributed by atoms with Gasteiger partial charge in [-0.15, -0.1) is 11.3 Å². The number of nitrogens with one attached hydrogen (secondary N) is 2. The molecule has 1 saturated heterocycles. The summed E-state index contributed by atoms with van der Waals surface area (Å²) in [7, 11) is 0. The molecule has 0 spiro atoms. The molecule has 0 bridgehead atoms. The zero-order chi connectivity index (χ0) is 20.9. The van der Waals surface area contributed by atoms with Gasteiger partial charge in [-0.2, -0.15) is 13.2 Å². The summed E-state index contributed by atoms with van der Waals surface area (Å²) in [4.78, 5) is 14.0. The number of aliphatic imine (C=N–C) groups is 1. The van der Waals surface area contributed by atoms with E-state index in [1.165, 1.54) is 6.07 Å². The molecule has 2 N–H and O–H groups in total. The number of thiazole rings is 1. The average Bonchev–Trinajstić information content (AvgIpc) is 3.32. The maximum absolute atomic E-state index is 13.9. The van der Waals surface area contributed by atoms with E-state index in [0.29, 0.717) is 49.4 Å². The Hall–Kier alpha value is -2.43. The van der Waals surface area contributed by atoms with Crippen molar-refractivity contribution < 1.29 is 17.6 Å². The van der Waals surface area contributed by atoms with Gasteiger partial charge in [-0.25, -0.2) is 14.4 Å². The van der Waals surface area contributed by atoms with E-state index < -0.39 is 11.9 Å². The lowest BCUT2D eigenvalue weighted by Crippen LogP contribution is -2.44. The summed E-state index contributed by atoms with van der Waals surface area (Å²) < 4.78 is 51.8. The van der Waals surface area contributed by atoms with Crippen molar-refractivity contribution in [2.24, 2.45) is 4.99 Å². The van der Waals surface area contributed by atoms with Gasteiger partial charge in [-0.3, -0.25) is 4.99 Å². The molecule has 0 saturated carbocycles. The number of aromatic nitrogens is 2. The van der Waals surface area contributed by atoms with Gasteiger partial charge in [0, 0.05) is 50.2 Å². The standard InChI is InChI=1S/C18H22F4N6S/c1-2-23-17(25-8-5-15-27-14(11-29-15)18(20,21)22)26-12-6-9-28(10-12)16-13(19)4-3-7-24-16/h3-4,7,11-12H,2,5-6,8-10H2,1H3,(H2,23,25,26). The van der Waals surface area contributed by atoms with E-state index in [2.05, 4.69) is 25.6 Å². The fourth-order valence-electron chi connectivity index (χ4n) is 3.01. The molecule has 3 heterocycles. The normalized spacial score (nSPS) is 17.6. The average molecular weight is 430 g/mol. The molecule has 0 radical (unpaired) electrons. The number of nitrogens with zero attached hydrogens (tertiary/aromatic N) is 4. The zero-order valence-electron chi connectivity index (χ0n) is 15.8. The van der Waals surface area contributed by atoms with Crippen molar-refractivity contribution >= 4 is 23.1 Å². The van der Waals surface area contributed by atoms with Crippen molar-refractivity contribution in [1.29, 1.82) is 0 Å². The highest BCUT2D eigenvalue weighted by atomic mass is 32.1. The second kappa shape index (κ2) is 9.38. The lowest BCUT2D eigenvalue weighted by atomic mass is 10.3. The van der Waals surface area contributed by atoms with Crippen molar-refractivity contribution in [2.75, 3.05) is 31.1 Å². The van der Waals surface area contributed by atoms with E-state index in [1.807, 2.05) is 11.8 Å². The van der Waals surface area contributed by atoms with Gasteiger partial charge in [0.2, 0.25) is 0 Å². The second-order valence-corrected chi connectivity index (χ2v) is 7.46. The molecule has 3 rings (SSSR count). The van der Waals surface area contributed by atoms with Crippen LogP contribution in [0.2, 0.25) is 0 Å². The summed E-state index contributed by atoms with van der Waals surface area (Å²) in [5.74, 6) is 0.562. The van der Waals surface area contributed by atoms with Crippen molar-refractivity contribution in [3.05, 3.63) is 40.2 Å². The summed E-state index contributed by atoms with van der Waals surface area (Å²) in [6.07, 6.45) is -1.74. The van der Waals surface area contributed by atoms with Gasteiger partial charge in [0.15, 0.2) is 23.3 Å². The molecular formula is C18H22F4N6S. The fraction of sp³-hybridized carbons (Fsp3) is 0.500. The molecule has 1 atom stereocenters. The van der Waals surface area contributed by atoms with Crippen LogP contribution >= 0.6 is 11.3 Å². The molecular weight excluding hydrogens is 408 g/mol. The molecule has 11 heteroatoms. The van der Waals surface area contributed by atoms with E-state index in [-0.39, 0.29) is 11.9 Å². The van der Waals surface area contributed by atoms with Crippen LogP contribution in [-0.4, -0.2) is 48.1 Å². The number of hydrogen-bond acceptors (Lipinski definition) is 5. The van der Waals surface area contributed by atoms with E-state index in [4.69, 9.17) is 0 Å². The van der Waals surface area contributed by atoms with Crippen LogP contribution in [0.5, 0.6) is 0 Å². The SMILES string of the molecule is CCNC(=NCCc1nc(C(F)(F)F)cs1)NC1CCN(c2ncccc2F)C1. The minimum Gasteiger partial charge on any atom is -0.357 e.